The molecule has 2 aromatic rings. The van der Waals surface area contributed by atoms with Gasteiger partial charge in [-0.1, -0.05) is 38.1 Å². The summed E-state index contributed by atoms with van der Waals surface area (Å²) in [6.07, 6.45) is 8.33. The van der Waals surface area contributed by atoms with Crippen molar-refractivity contribution < 1.29 is 9.53 Å². The number of benzene rings is 1. The second kappa shape index (κ2) is 14.4. The second-order valence-electron chi connectivity index (χ2n) is 9.14. The van der Waals surface area contributed by atoms with Crippen LogP contribution in [-0.4, -0.2) is 61.6 Å². The standard InChI is InChI=1S/C21H26BrNOS.C5H9NO.C2H6/c1-15-20(22)14-21(25-15)18-4-2-16(3-5-18)17-6-10-23(11-7-17)19-8-12-24-13-9-19;7-5-6-3-1-2-4-6;1-2/h2-5,14,17,19H,6-13H2,1H3;5H,1-4H2;1-2H3. The molecule has 5 rings (SSSR count). The fourth-order valence-corrected chi connectivity index (χ4v) is 6.56. The molecule has 3 saturated heterocycles. The molecule has 0 unspecified atom stereocenters. The minimum absolute atomic E-state index is 0.724. The van der Waals surface area contributed by atoms with Gasteiger partial charge in [0, 0.05) is 46.6 Å². The van der Waals surface area contributed by atoms with Crippen molar-refractivity contribution in [2.75, 3.05) is 39.4 Å². The number of hydrogen-bond donors (Lipinski definition) is 0. The van der Waals surface area contributed by atoms with Crippen molar-refractivity contribution in [3.8, 4) is 10.4 Å². The average Bonchev–Trinajstić information content (AvgIpc) is 3.56. The van der Waals surface area contributed by atoms with Crippen LogP contribution in [0.1, 0.15) is 68.7 Å². The van der Waals surface area contributed by atoms with Crippen LogP contribution in [0.25, 0.3) is 10.4 Å². The lowest BCUT2D eigenvalue weighted by Crippen LogP contribution is -2.43. The average molecular weight is 550 g/mol. The van der Waals surface area contributed by atoms with E-state index in [2.05, 4.69) is 58.1 Å². The van der Waals surface area contributed by atoms with Crippen molar-refractivity contribution in [2.45, 2.75) is 71.3 Å². The number of hydrogen-bond acceptors (Lipinski definition) is 4. The van der Waals surface area contributed by atoms with Gasteiger partial charge in [0.05, 0.1) is 0 Å². The van der Waals surface area contributed by atoms with Gasteiger partial charge in [-0.2, -0.15) is 0 Å². The van der Waals surface area contributed by atoms with E-state index >= 15 is 0 Å². The monoisotopic (exact) mass is 548 g/mol. The number of thiophene rings is 1. The first-order valence-electron chi connectivity index (χ1n) is 13.0. The van der Waals surface area contributed by atoms with Crippen molar-refractivity contribution in [2.24, 2.45) is 0 Å². The van der Waals surface area contributed by atoms with Crippen molar-refractivity contribution in [1.29, 1.82) is 0 Å². The Balaban J connectivity index is 0.000000306. The summed E-state index contributed by atoms with van der Waals surface area (Å²) in [5.41, 5.74) is 2.85. The molecular formula is C28H41BrN2O2S. The van der Waals surface area contributed by atoms with E-state index in [1.807, 2.05) is 25.2 Å². The van der Waals surface area contributed by atoms with Gasteiger partial charge in [-0.3, -0.25) is 4.79 Å². The van der Waals surface area contributed by atoms with E-state index in [4.69, 9.17) is 4.74 Å². The summed E-state index contributed by atoms with van der Waals surface area (Å²) in [5.74, 6) is 0.724. The topological polar surface area (TPSA) is 32.8 Å². The molecule has 0 atom stereocenters. The largest absolute Gasteiger partial charge is 0.381 e. The van der Waals surface area contributed by atoms with Gasteiger partial charge < -0.3 is 14.5 Å². The highest BCUT2D eigenvalue weighted by molar-refractivity contribution is 9.10. The van der Waals surface area contributed by atoms with Crippen molar-refractivity contribution in [3.05, 3.63) is 45.2 Å². The summed E-state index contributed by atoms with van der Waals surface area (Å²) < 4.78 is 6.73. The number of halogens is 1. The lowest BCUT2D eigenvalue weighted by atomic mass is 9.88. The highest BCUT2D eigenvalue weighted by atomic mass is 79.9. The highest BCUT2D eigenvalue weighted by Crippen LogP contribution is 2.36. The molecule has 0 aliphatic carbocycles. The van der Waals surface area contributed by atoms with Gasteiger partial charge >= 0.3 is 0 Å². The molecule has 4 heterocycles. The highest BCUT2D eigenvalue weighted by Gasteiger charge is 2.27. The molecular weight excluding hydrogens is 508 g/mol. The molecule has 0 radical (unpaired) electrons. The van der Waals surface area contributed by atoms with Gasteiger partial charge in [-0.05, 0) is 97.6 Å². The predicted octanol–water partition coefficient (Wildman–Crippen LogP) is 7.11. The predicted molar refractivity (Wildman–Crippen MR) is 148 cm³/mol. The first kappa shape index (κ1) is 27.4. The molecule has 0 N–H and O–H groups in total. The van der Waals surface area contributed by atoms with E-state index in [9.17, 15) is 4.79 Å². The molecule has 1 aromatic heterocycles. The summed E-state index contributed by atoms with van der Waals surface area (Å²) in [4.78, 5) is 17.1. The van der Waals surface area contributed by atoms with Crippen LogP contribution in [-0.2, 0) is 9.53 Å². The van der Waals surface area contributed by atoms with E-state index < -0.39 is 0 Å². The smallest absolute Gasteiger partial charge is 0.209 e. The maximum Gasteiger partial charge on any atom is 0.209 e. The van der Waals surface area contributed by atoms with Gasteiger partial charge in [-0.25, -0.2) is 0 Å². The minimum Gasteiger partial charge on any atom is -0.381 e. The van der Waals surface area contributed by atoms with Crippen LogP contribution >= 0.6 is 27.3 Å². The van der Waals surface area contributed by atoms with E-state index in [0.717, 1.165) is 44.7 Å². The van der Waals surface area contributed by atoms with Crippen molar-refractivity contribution >= 4 is 33.7 Å². The molecule has 34 heavy (non-hydrogen) atoms. The van der Waals surface area contributed by atoms with Gasteiger partial charge in [0.25, 0.3) is 0 Å². The van der Waals surface area contributed by atoms with Gasteiger partial charge in [0.1, 0.15) is 0 Å². The Labute approximate surface area is 218 Å². The van der Waals surface area contributed by atoms with Crippen LogP contribution in [0.15, 0.2) is 34.8 Å². The second-order valence-corrected chi connectivity index (χ2v) is 11.2. The molecule has 0 spiro atoms. The SMILES string of the molecule is CC.Cc1sc(-c2ccc(C3CCN(C4CCOCC4)CC3)cc2)cc1Br.O=CN1CCCC1. The molecule has 1 aromatic carbocycles. The number of carbonyl (C=O) groups excluding carboxylic acids is 1. The summed E-state index contributed by atoms with van der Waals surface area (Å²) in [6.45, 7) is 12.5. The molecule has 0 saturated carbocycles. The number of aryl methyl sites for hydroxylation is 1. The fourth-order valence-electron chi connectivity index (χ4n) is 5.02. The number of rotatable bonds is 4. The third-order valence-electron chi connectivity index (χ3n) is 7.05. The molecule has 3 aliphatic rings. The number of carbonyl (C=O) groups is 1. The van der Waals surface area contributed by atoms with E-state index in [1.54, 1.807) is 4.90 Å². The van der Waals surface area contributed by atoms with Gasteiger partial charge in [0.15, 0.2) is 0 Å². The third kappa shape index (κ3) is 7.64. The first-order valence-corrected chi connectivity index (χ1v) is 14.6. The van der Waals surface area contributed by atoms with Crippen molar-refractivity contribution in [3.63, 3.8) is 0 Å². The Bertz CT molecular complexity index is 830. The minimum atomic E-state index is 0.724. The molecule has 1 amide bonds. The van der Waals surface area contributed by atoms with Crippen LogP contribution in [0.5, 0.6) is 0 Å². The Hall–Kier alpha value is -1.21. The van der Waals surface area contributed by atoms with E-state index in [-0.39, 0.29) is 0 Å². The Morgan fingerprint density at radius 2 is 1.59 bits per heavy atom. The maximum atomic E-state index is 9.93. The fraction of sp³-hybridized carbons (Fsp3) is 0.607. The summed E-state index contributed by atoms with van der Waals surface area (Å²) in [7, 11) is 0. The number of amides is 1. The van der Waals surface area contributed by atoms with Crippen LogP contribution in [0.3, 0.4) is 0 Å². The molecule has 6 heteroatoms. The zero-order valence-electron chi connectivity index (χ0n) is 21.1. The summed E-state index contributed by atoms with van der Waals surface area (Å²) in [5, 5.41) is 0. The molecule has 4 nitrogen and oxygen atoms in total. The van der Waals surface area contributed by atoms with Crippen LogP contribution in [0.4, 0.5) is 0 Å². The molecule has 0 bridgehead atoms. The number of nitrogens with zero attached hydrogens (tertiary/aromatic N) is 2. The zero-order chi connectivity index (χ0) is 24.3. The zero-order valence-corrected chi connectivity index (χ0v) is 23.5. The number of ether oxygens (including phenoxy) is 1. The Morgan fingerprint density at radius 3 is 2.09 bits per heavy atom. The van der Waals surface area contributed by atoms with Crippen LogP contribution in [0, 0.1) is 6.92 Å². The van der Waals surface area contributed by atoms with Crippen LogP contribution < -0.4 is 0 Å². The molecule has 3 aliphatic heterocycles. The molecule has 3 fully saturated rings. The number of likely N-dealkylation sites (tertiary alicyclic amines) is 2. The van der Waals surface area contributed by atoms with Crippen LogP contribution in [0.2, 0.25) is 0 Å². The van der Waals surface area contributed by atoms with E-state index in [0.29, 0.717) is 0 Å². The van der Waals surface area contributed by atoms with Gasteiger partial charge in [0.2, 0.25) is 6.41 Å². The Kier molecular flexibility index (Phi) is 11.6. The number of piperidine rings is 1. The molecule has 188 valence electrons. The maximum absolute atomic E-state index is 9.93. The van der Waals surface area contributed by atoms with E-state index in [1.165, 1.54) is 77.0 Å². The lowest BCUT2D eigenvalue weighted by Gasteiger charge is -2.39. The normalized spacial score (nSPS) is 19.7. The van der Waals surface area contributed by atoms with Gasteiger partial charge in [-0.15, -0.1) is 11.3 Å². The summed E-state index contributed by atoms with van der Waals surface area (Å²) >= 11 is 5.49. The quantitative estimate of drug-likeness (QED) is 0.381. The third-order valence-corrected chi connectivity index (χ3v) is 9.24. The lowest BCUT2D eigenvalue weighted by molar-refractivity contribution is -0.117. The Morgan fingerprint density at radius 1 is 0.971 bits per heavy atom. The first-order chi connectivity index (χ1) is 16.6. The summed E-state index contributed by atoms with van der Waals surface area (Å²) in [6, 6.07) is 12.3. The van der Waals surface area contributed by atoms with Crippen molar-refractivity contribution in [1.82, 2.24) is 9.80 Å².